The summed E-state index contributed by atoms with van der Waals surface area (Å²) in [6.07, 6.45) is 2.33. The number of aryl methyl sites for hydroxylation is 1. The van der Waals surface area contributed by atoms with E-state index >= 15 is 0 Å². The van der Waals surface area contributed by atoms with Crippen LogP contribution in [0, 0.1) is 11.6 Å². The number of benzene rings is 2. The predicted octanol–water partition coefficient (Wildman–Crippen LogP) is 5.60. The lowest BCUT2D eigenvalue weighted by molar-refractivity contribution is 0.0788. The molecule has 0 saturated carbocycles. The van der Waals surface area contributed by atoms with Crippen LogP contribution in [0.2, 0.25) is 0 Å². The number of carbonyl (C=O) groups is 1. The van der Waals surface area contributed by atoms with Gasteiger partial charge in [0, 0.05) is 25.3 Å². The Balaban J connectivity index is 1.77. The Kier molecular flexibility index (Phi) is 8.20. The van der Waals surface area contributed by atoms with E-state index in [1.54, 1.807) is 9.58 Å². The molecule has 4 rings (SSSR count). The van der Waals surface area contributed by atoms with Crippen LogP contribution in [-0.2, 0) is 17.7 Å². The number of amides is 2. The van der Waals surface area contributed by atoms with Gasteiger partial charge in [0.05, 0.1) is 29.6 Å². The molecular formula is C27H32F2N4O3. The van der Waals surface area contributed by atoms with E-state index < -0.39 is 11.6 Å². The number of hydrogen-bond donors (Lipinski definition) is 1. The highest BCUT2D eigenvalue weighted by Gasteiger charge is 2.28. The van der Waals surface area contributed by atoms with Crippen molar-refractivity contribution in [3.63, 3.8) is 0 Å². The number of nitrogens with one attached hydrogen (secondary N) is 1. The van der Waals surface area contributed by atoms with Gasteiger partial charge in [-0.05, 0) is 57.4 Å². The van der Waals surface area contributed by atoms with Crippen molar-refractivity contribution >= 4 is 6.03 Å². The lowest BCUT2D eigenvalue weighted by Gasteiger charge is -2.27. The number of halogens is 2. The van der Waals surface area contributed by atoms with Crippen molar-refractivity contribution in [1.82, 2.24) is 20.0 Å². The minimum absolute atomic E-state index is 0.0498. The molecule has 2 amide bonds. The van der Waals surface area contributed by atoms with Crippen LogP contribution in [0.25, 0.3) is 5.69 Å². The Bertz CT molecular complexity index is 1180. The zero-order valence-corrected chi connectivity index (χ0v) is 20.8. The van der Waals surface area contributed by atoms with Gasteiger partial charge in [0.15, 0.2) is 11.6 Å². The predicted molar refractivity (Wildman–Crippen MR) is 132 cm³/mol. The number of rotatable bonds is 9. The van der Waals surface area contributed by atoms with Crippen LogP contribution in [0.15, 0.2) is 48.5 Å². The molecule has 1 atom stereocenters. The van der Waals surface area contributed by atoms with E-state index in [1.165, 1.54) is 6.07 Å². The van der Waals surface area contributed by atoms with Crippen molar-refractivity contribution in [3.8, 4) is 17.3 Å². The molecule has 0 bridgehead atoms. The van der Waals surface area contributed by atoms with Crippen molar-refractivity contribution < 1.29 is 23.0 Å². The second kappa shape index (κ2) is 11.5. The van der Waals surface area contributed by atoms with Gasteiger partial charge in [0.2, 0.25) is 5.88 Å². The van der Waals surface area contributed by atoms with Crippen LogP contribution in [-0.4, -0.2) is 46.0 Å². The van der Waals surface area contributed by atoms with E-state index in [9.17, 15) is 13.6 Å². The number of aromatic nitrogens is 2. The molecule has 1 aromatic heterocycles. The first-order valence-electron chi connectivity index (χ1n) is 12.3. The lowest BCUT2D eigenvalue weighted by atomic mass is 10.1. The molecule has 192 valence electrons. The Hall–Kier alpha value is -3.46. The molecule has 2 heterocycles. The first-order chi connectivity index (χ1) is 17.4. The highest BCUT2D eigenvalue weighted by atomic mass is 19.1. The van der Waals surface area contributed by atoms with Gasteiger partial charge >= 0.3 is 6.03 Å². The van der Waals surface area contributed by atoms with Crippen molar-refractivity contribution in [1.29, 1.82) is 0 Å². The molecular weight excluding hydrogens is 466 g/mol. The summed E-state index contributed by atoms with van der Waals surface area (Å²) < 4.78 is 41.6. The number of carbonyl (C=O) groups excluding carboxylic acids is 1. The molecule has 1 saturated heterocycles. The van der Waals surface area contributed by atoms with E-state index in [0.29, 0.717) is 36.5 Å². The largest absolute Gasteiger partial charge is 0.435 e. The van der Waals surface area contributed by atoms with Crippen LogP contribution in [0.3, 0.4) is 0 Å². The molecule has 0 aliphatic carbocycles. The van der Waals surface area contributed by atoms with Crippen molar-refractivity contribution in [2.75, 3.05) is 13.2 Å². The quantitative estimate of drug-likeness (QED) is 0.417. The fourth-order valence-electron chi connectivity index (χ4n) is 4.21. The van der Waals surface area contributed by atoms with Gasteiger partial charge in [0.25, 0.3) is 0 Å². The SMILES string of the molecule is CCc1nn(-c2ccccc2)c(Oc2ccc(F)cc2F)c1CN(C[C@H]1CCCO1)C(=O)NC(C)C. The van der Waals surface area contributed by atoms with Crippen LogP contribution < -0.4 is 10.1 Å². The first kappa shape index (κ1) is 25.6. The third-order valence-electron chi connectivity index (χ3n) is 5.95. The summed E-state index contributed by atoms with van der Waals surface area (Å²) in [4.78, 5) is 14.9. The minimum Gasteiger partial charge on any atom is -0.435 e. The fourth-order valence-corrected chi connectivity index (χ4v) is 4.21. The monoisotopic (exact) mass is 498 g/mol. The zero-order chi connectivity index (χ0) is 25.7. The molecule has 0 unspecified atom stereocenters. The second-order valence-corrected chi connectivity index (χ2v) is 9.13. The van der Waals surface area contributed by atoms with Gasteiger partial charge < -0.3 is 19.7 Å². The van der Waals surface area contributed by atoms with Gasteiger partial charge in [-0.25, -0.2) is 18.3 Å². The molecule has 0 radical (unpaired) electrons. The number of ether oxygens (including phenoxy) is 2. The molecule has 2 aromatic carbocycles. The molecule has 1 N–H and O–H groups in total. The van der Waals surface area contributed by atoms with Crippen molar-refractivity contribution in [2.24, 2.45) is 0 Å². The molecule has 7 nitrogen and oxygen atoms in total. The van der Waals surface area contributed by atoms with Crippen LogP contribution in [0.5, 0.6) is 11.6 Å². The molecule has 3 aromatic rings. The molecule has 1 aliphatic heterocycles. The molecule has 0 spiro atoms. The van der Waals surface area contributed by atoms with Crippen LogP contribution in [0.1, 0.15) is 44.9 Å². The third kappa shape index (κ3) is 6.02. The summed E-state index contributed by atoms with van der Waals surface area (Å²) in [5.41, 5.74) is 2.08. The van der Waals surface area contributed by atoms with Crippen molar-refractivity contribution in [2.45, 2.75) is 58.7 Å². The molecule has 1 fully saturated rings. The summed E-state index contributed by atoms with van der Waals surface area (Å²) in [7, 11) is 0. The highest BCUT2D eigenvalue weighted by Crippen LogP contribution is 2.34. The smallest absolute Gasteiger partial charge is 0.317 e. The summed E-state index contributed by atoms with van der Waals surface area (Å²) in [6, 6.07) is 12.2. The lowest BCUT2D eigenvalue weighted by Crippen LogP contribution is -2.45. The average Bonchev–Trinajstić information content (AvgIpc) is 3.48. The fraction of sp³-hybridized carbons (Fsp3) is 0.407. The third-order valence-corrected chi connectivity index (χ3v) is 5.95. The molecule has 36 heavy (non-hydrogen) atoms. The Morgan fingerprint density at radius 2 is 2.03 bits per heavy atom. The maximum Gasteiger partial charge on any atom is 0.317 e. The van der Waals surface area contributed by atoms with E-state index in [-0.39, 0.29) is 36.4 Å². The Morgan fingerprint density at radius 3 is 2.67 bits per heavy atom. The normalized spacial score (nSPS) is 15.3. The minimum atomic E-state index is -0.825. The van der Waals surface area contributed by atoms with Gasteiger partial charge in [-0.15, -0.1) is 0 Å². The Morgan fingerprint density at radius 1 is 1.25 bits per heavy atom. The zero-order valence-electron chi connectivity index (χ0n) is 20.8. The van der Waals surface area contributed by atoms with Gasteiger partial charge in [-0.1, -0.05) is 25.1 Å². The summed E-state index contributed by atoms with van der Waals surface area (Å²) in [5.74, 6) is -1.37. The summed E-state index contributed by atoms with van der Waals surface area (Å²) in [5, 5.41) is 7.71. The second-order valence-electron chi connectivity index (χ2n) is 9.13. The summed E-state index contributed by atoms with van der Waals surface area (Å²) >= 11 is 0. The van der Waals surface area contributed by atoms with Crippen LogP contribution in [0.4, 0.5) is 13.6 Å². The molecule has 1 aliphatic rings. The highest BCUT2D eigenvalue weighted by molar-refractivity contribution is 5.74. The van der Waals surface area contributed by atoms with Crippen molar-refractivity contribution in [3.05, 3.63) is 71.4 Å². The van der Waals surface area contributed by atoms with E-state index in [0.717, 1.165) is 25.0 Å². The van der Waals surface area contributed by atoms with E-state index in [1.807, 2.05) is 51.1 Å². The number of hydrogen-bond acceptors (Lipinski definition) is 4. The van der Waals surface area contributed by atoms with Gasteiger partial charge in [-0.2, -0.15) is 5.10 Å². The van der Waals surface area contributed by atoms with E-state index in [4.69, 9.17) is 14.6 Å². The van der Waals surface area contributed by atoms with Gasteiger partial charge in [0.1, 0.15) is 5.82 Å². The topological polar surface area (TPSA) is 68.6 Å². The average molecular weight is 499 g/mol. The number of nitrogens with zero attached hydrogens (tertiary/aromatic N) is 3. The standard InChI is InChI=1S/C27H32F2N4O3/c1-4-24-22(17-32(27(34)30-18(2)3)16-21-11-8-14-35-21)26(33(31-24)20-9-6-5-7-10-20)36-25-13-12-19(28)15-23(25)29/h5-7,9-10,12-13,15,18,21H,4,8,11,14,16-17H2,1-3H3,(H,30,34)/t21-/m1/s1. The van der Waals surface area contributed by atoms with Crippen LogP contribution >= 0.6 is 0 Å². The Labute approximate surface area is 210 Å². The summed E-state index contributed by atoms with van der Waals surface area (Å²) in [6.45, 7) is 7.03. The molecule has 9 heteroatoms. The van der Waals surface area contributed by atoms with Gasteiger partial charge in [-0.3, -0.25) is 0 Å². The van der Waals surface area contributed by atoms with E-state index in [2.05, 4.69) is 5.32 Å². The maximum absolute atomic E-state index is 14.6. The maximum atomic E-state index is 14.6. The first-order valence-corrected chi connectivity index (χ1v) is 12.3. The number of para-hydroxylation sites is 1. The number of urea groups is 1.